The SMILES string of the molecule is CC1C=CC(NCCCOCCOCCCl)=CC1. The highest BCUT2D eigenvalue weighted by Gasteiger charge is 2.02. The van der Waals surface area contributed by atoms with E-state index in [-0.39, 0.29) is 0 Å². The number of ether oxygens (including phenoxy) is 2. The number of alkyl halides is 1. The van der Waals surface area contributed by atoms with Gasteiger partial charge in [-0.3, -0.25) is 0 Å². The molecule has 0 aliphatic heterocycles. The fraction of sp³-hybridized carbons (Fsp3) is 0.714. The predicted octanol–water partition coefficient (Wildman–Crippen LogP) is 2.72. The fourth-order valence-electron chi connectivity index (χ4n) is 1.64. The molecule has 0 saturated heterocycles. The Hall–Kier alpha value is -0.510. The Balaban J connectivity index is 1.86. The predicted molar refractivity (Wildman–Crippen MR) is 76.0 cm³/mol. The molecule has 0 radical (unpaired) electrons. The molecule has 1 unspecified atom stereocenters. The van der Waals surface area contributed by atoms with Gasteiger partial charge in [0.1, 0.15) is 0 Å². The molecule has 4 heteroatoms. The first-order valence-electron chi connectivity index (χ1n) is 6.66. The van der Waals surface area contributed by atoms with Crippen LogP contribution < -0.4 is 5.32 Å². The normalized spacial score (nSPS) is 18.8. The van der Waals surface area contributed by atoms with Crippen molar-refractivity contribution in [3.63, 3.8) is 0 Å². The van der Waals surface area contributed by atoms with E-state index in [1.54, 1.807) is 0 Å². The van der Waals surface area contributed by atoms with Gasteiger partial charge in [-0.1, -0.05) is 19.1 Å². The molecule has 0 aromatic rings. The van der Waals surface area contributed by atoms with Crippen LogP contribution in [0.1, 0.15) is 19.8 Å². The van der Waals surface area contributed by atoms with Gasteiger partial charge in [-0.2, -0.15) is 0 Å². The highest BCUT2D eigenvalue weighted by atomic mass is 35.5. The van der Waals surface area contributed by atoms with Crippen molar-refractivity contribution < 1.29 is 9.47 Å². The lowest BCUT2D eigenvalue weighted by molar-refractivity contribution is 0.0528. The van der Waals surface area contributed by atoms with E-state index >= 15 is 0 Å². The van der Waals surface area contributed by atoms with Crippen LogP contribution >= 0.6 is 11.6 Å². The summed E-state index contributed by atoms with van der Waals surface area (Å²) in [6, 6.07) is 0. The Kier molecular flexibility index (Phi) is 9.00. The Morgan fingerprint density at radius 1 is 1.28 bits per heavy atom. The maximum absolute atomic E-state index is 5.48. The van der Waals surface area contributed by atoms with E-state index in [0.717, 1.165) is 26.0 Å². The van der Waals surface area contributed by atoms with E-state index in [2.05, 4.69) is 30.5 Å². The number of rotatable bonds is 10. The quantitative estimate of drug-likeness (QED) is 0.490. The van der Waals surface area contributed by atoms with Gasteiger partial charge < -0.3 is 14.8 Å². The monoisotopic (exact) mass is 273 g/mol. The van der Waals surface area contributed by atoms with Gasteiger partial charge in [-0.15, -0.1) is 11.6 Å². The van der Waals surface area contributed by atoms with Crippen molar-refractivity contribution in [2.45, 2.75) is 19.8 Å². The molecule has 1 aliphatic rings. The van der Waals surface area contributed by atoms with Gasteiger partial charge in [0.2, 0.25) is 0 Å². The Morgan fingerprint density at radius 2 is 2.06 bits per heavy atom. The third-order valence-corrected chi connectivity index (χ3v) is 2.86. The zero-order valence-electron chi connectivity index (χ0n) is 11.2. The largest absolute Gasteiger partial charge is 0.385 e. The van der Waals surface area contributed by atoms with Gasteiger partial charge in [0.25, 0.3) is 0 Å². The summed E-state index contributed by atoms with van der Waals surface area (Å²) < 4.78 is 10.6. The summed E-state index contributed by atoms with van der Waals surface area (Å²) >= 11 is 5.48. The van der Waals surface area contributed by atoms with E-state index in [9.17, 15) is 0 Å². The summed E-state index contributed by atoms with van der Waals surface area (Å²) in [5.41, 5.74) is 1.23. The van der Waals surface area contributed by atoms with E-state index in [1.165, 1.54) is 5.70 Å². The summed E-state index contributed by atoms with van der Waals surface area (Å²) in [6.45, 7) is 5.83. The third kappa shape index (κ3) is 7.75. The van der Waals surface area contributed by atoms with E-state index < -0.39 is 0 Å². The van der Waals surface area contributed by atoms with Crippen molar-refractivity contribution in [1.29, 1.82) is 0 Å². The number of hydrogen-bond acceptors (Lipinski definition) is 3. The molecule has 0 spiro atoms. The highest BCUT2D eigenvalue weighted by molar-refractivity contribution is 6.17. The lowest BCUT2D eigenvalue weighted by Gasteiger charge is -2.13. The molecular formula is C14H24ClNO2. The highest BCUT2D eigenvalue weighted by Crippen LogP contribution is 2.13. The number of hydrogen-bond donors (Lipinski definition) is 1. The zero-order valence-corrected chi connectivity index (χ0v) is 11.9. The second kappa shape index (κ2) is 10.4. The Morgan fingerprint density at radius 3 is 2.72 bits per heavy atom. The summed E-state index contributed by atoms with van der Waals surface area (Å²) in [5, 5.41) is 3.40. The molecule has 0 amide bonds. The van der Waals surface area contributed by atoms with Gasteiger partial charge in [0.15, 0.2) is 0 Å². The molecule has 1 rings (SSSR count). The molecule has 1 aliphatic carbocycles. The summed E-state index contributed by atoms with van der Waals surface area (Å²) in [6.07, 6.45) is 8.80. The first-order valence-corrected chi connectivity index (χ1v) is 7.20. The van der Waals surface area contributed by atoms with Gasteiger partial charge in [-0.05, 0) is 24.8 Å². The van der Waals surface area contributed by atoms with Crippen LogP contribution in [0.25, 0.3) is 0 Å². The minimum Gasteiger partial charge on any atom is -0.385 e. The smallest absolute Gasteiger partial charge is 0.0701 e. The second-order valence-electron chi connectivity index (χ2n) is 4.43. The zero-order chi connectivity index (χ0) is 13.1. The maximum Gasteiger partial charge on any atom is 0.0701 e. The molecule has 0 bridgehead atoms. The average molecular weight is 274 g/mol. The van der Waals surface area contributed by atoms with Crippen molar-refractivity contribution in [2.75, 3.05) is 38.9 Å². The lowest BCUT2D eigenvalue weighted by atomic mass is 10.0. The van der Waals surface area contributed by atoms with Crippen molar-refractivity contribution in [3.8, 4) is 0 Å². The van der Waals surface area contributed by atoms with Crippen molar-refractivity contribution in [2.24, 2.45) is 5.92 Å². The second-order valence-corrected chi connectivity index (χ2v) is 4.80. The van der Waals surface area contributed by atoms with E-state index in [4.69, 9.17) is 21.1 Å². The average Bonchev–Trinajstić information content (AvgIpc) is 2.39. The Labute approximate surface area is 115 Å². The number of halogens is 1. The molecule has 0 aromatic heterocycles. The third-order valence-electron chi connectivity index (χ3n) is 2.70. The molecule has 1 atom stereocenters. The first kappa shape index (κ1) is 15.5. The molecule has 0 saturated carbocycles. The molecule has 1 N–H and O–H groups in total. The molecular weight excluding hydrogens is 250 g/mol. The van der Waals surface area contributed by atoms with Crippen LogP contribution in [0.2, 0.25) is 0 Å². The van der Waals surface area contributed by atoms with Crippen LogP contribution in [0, 0.1) is 5.92 Å². The Bertz CT molecular complexity index is 267. The fourth-order valence-corrected chi connectivity index (χ4v) is 1.75. The molecule has 0 heterocycles. The van der Waals surface area contributed by atoms with Crippen LogP contribution in [-0.2, 0) is 9.47 Å². The van der Waals surface area contributed by atoms with Crippen LogP contribution in [0.15, 0.2) is 23.9 Å². The number of allylic oxidation sites excluding steroid dienone is 3. The van der Waals surface area contributed by atoms with Crippen LogP contribution in [-0.4, -0.2) is 38.9 Å². The van der Waals surface area contributed by atoms with Gasteiger partial charge in [0.05, 0.1) is 19.8 Å². The van der Waals surface area contributed by atoms with Gasteiger partial charge in [-0.25, -0.2) is 0 Å². The van der Waals surface area contributed by atoms with Crippen LogP contribution in [0.3, 0.4) is 0 Å². The van der Waals surface area contributed by atoms with Gasteiger partial charge in [0, 0.05) is 24.7 Å². The molecule has 18 heavy (non-hydrogen) atoms. The maximum atomic E-state index is 5.48. The standard InChI is InChI=1S/C14H24ClNO2/c1-13-3-5-14(6-4-13)16-8-2-9-17-11-12-18-10-7-15/h3,5-6,13,16H,2,4,7-12H2,1H3. The van der Waals surface area contributed by atoms with Crippen molar-refractivity contribution in [3.05, 3.63) is 23.9 Å². The molecule has 0 fully saturated rings. The topological polar surface area (TPSA) is 30.5 Å². The minimum absolute atomic E-state index is 0.547. The lowest BCUT2D eigenvalue weighted by Crippen LogP contribution is -2.17. The first-order chi connectivity index (χ1) is 8.83. The minimum atomic E-state index is 0.547. The summed E-state index contributed by atoms with van der Waals surface area (Å²) in [5.74, 6) is 1.22. The van der Waals surface area contributed by atoms with Crippen LogP contribution in [0.4, 0.5) is 0 Å². The molecule has 3 nitrogen and oxygen atoms in total. The number of nitrogens with one attached hydrogen (secondary N) is 1. The van der Waals surface area contributed by atoms with E-state index in [0.29, 0.717) is 31.6 Å². The summed E-state index contributed by atoms with van der Waals surface area (Å²) in [7, 11) is 0. The van der Waals surface area contributed by atoms with Crippen molar-refractivity contribution in [1.82, 2.24) is 5.32 Å². The summed E-state index contributed by atoms with van der Waals surface area (Å²) in [4.78, 5) is 0. The molecule has 0 aromatic carbocycles. The van der Waals surface area contributed by atoms with Crippen molar-refractivity contribution >= 4 is 11.6 Å². The van der Waals surface area contributed by atoms with E-state index in [1.807, 2.05) is 0 Å². The molecule has 104 valence electrons. The van der Waals surface area contributed by atoms with Crippen LogP contribution in [0.5, 0.6) is 0 Å². The van der Waals surface area contributed by atoms with Gasteiger partial charge >= 0.3 is 0 Å².